The lowest BCUT2D eigenvalue weighted by molar-refractivity contribution is -0.387. The number of alkyl halides is 3. The highest BCUT2D eigenvalue weighted by molar-refractivity contribution is 7.89. The molecule has 11 heteroatoms. The summed E-state index contributed by atoms with van der Waals surface area (Å²) >= 11 is 0. The van der Waals surface area contributed by atoms with Crippen LogP contribution in [0, 0.1) is 15.9 Å². The number of nitro benzene ring substituents is 1. The third-order valence-electron chi connectivity index (χ3n) is 1.89. The first kappa shape index (κ1) is 15.3. The van der Waals surface area contributed by atoms with Crippen molar-refractivity contribution in [2.24, 2.45) is 0 Å². The molecule has 0 unspecified atom stereocenters. The number of nitrogens with zero attached hydrogens (tertiary/aromatic N) is 1. The van der Waals surface area contributed by atoms with Gasteiger partial charge in [-0.15, -0.1) is 0 Å². The van der Waals surface area contributed by atoms with Crippen molar-refractivity contribution in [1.82, 2.24) is 4.72 Å². The third kappa shape index (κ3) is 4.13. The molecule has 0 amide bonds. The van der Waals surface area contributed by atoms with Crippen LogP contribution in [0.25, 0.3) is 0 Å². The van der Waals surface area contributed by atoms with E-state index < -0.39 is 44.1 Å². The molecule has 0 radical (unpaired) electrons. The number of nitro groups is 1. The lowest BCUT2D eigenvalue weighted by Gasteiger charge is -2.09. The van der Waals surface area contributed by atoms with Crippen LogP contribution in [-0.4, -0.2) is 26.1 Å². The lowest BCUT2D eigenvalue weighted by atomic mass is 10.3. The first-order chi connectivity index (χ1) is 8.53. The third-order valence-corrected chi connectivity index (χ3v) is 3.29. The van der Waals surface area contributed by atoms with E-state index in [4.69, 9.17) is 0 Å². The summed E-state index contributed by atoms with van der Waals surface area (Å²) in [7, 11) is -4.59. The SMILES string of the molecule is O=[N+]([O-])c1ccc(S(=O)(=O)NCC(F)(F)F)cc1F. The average molecular weight is 302 g/mol. The predicted molar refractivity (Wildman–Crippen MR) is 54.3 cm³/mol. The zero-order valence-corrected chi connectivity index (χ0v) is 9.76. The van der Waals surface area contributed by atoms with Gasteiger partial charge in [0.1, 0.15) is 6.54 Å². The topological polar surface area (TPSA) is 89.3 Å². The van der Waals surface area contributed by atoms with E-state index in [1.54, 1.807) is 0 Å². The number of benzene rings is 1. The van der Waals surface area contributed by atoms with Crippen LogP contribution in [0.2, 0.25) is 0 Å². The molecule has 0 heterocycles. The Balaban J connectivity index is 3.03. The molecular weight excluding hydrogens is 296 g/mol. The van der Waals surface area contributed by atoms with Crippen LogP contribution in [0.3, 0.4) is 0 Å². The van der Waals surface area contributed by atoms with Crippen molar-refractivity contribution >= 4 is 15.7 Å². The Kier molecular flexibility index (Phi) is 4.10. The first-order valence-electron chi connectivity index (χ1n) is 4.53. The largest absolute Gasteiger partial charge is 0.402 e. The Labute approximate surface area is 104 Å². The van der Waals surface area contributed by atoms with Gasteiger partial charge < -0.3 is 0 Å². The molecule has 1 rings (SSSR count). The molecule has 0 fully saturated rings. The normalized spacial score (nSPS) is 12.4. The Morgan fingerprint density at radius 2 is 1.89 bits per heavy atom. The lowest BCUT2D eigenvalue weighted by Crippen LogP contribution is -2.33. The summed E-state index contributed by atoms with van der Waals surface area (Å²) < 4.78 is 72.7. The van der Waals surface area contributed by atoms with E-state index in [1.807, 2.05) is 0 Å². The van der Waals surface area contributed by atoms with Crippen LogP contribution in [0.15, 0.2) is 23.1 Å². The molecule has 6 nitrogen and oxygen atoms in total. The van der Waals surface area contributed by atoms with Gasteiger partial charge in [-0.3, -0.25) is 10.1 Å². The van der Waals surface area contributed by atoms with Gasteiger partial charge in [0.05, 0.1) is 9.82 Å². The molecule has 0 aliphatic rings. The van der Waals surface area contributed by atoms with Gasteiger partial charge in [-0.1, -0.05) is 0 Å². The van der Waals surface area contributed by atoms with Crippen LogP contribution >= 0.6 is 0 Å². The van der Waals surface area contributed by atoms with Crippen molar-refractivity contribution < 1.29 is 30.9 Å². The maximum atomic E-state index is 13.1. The quantitative estimate of drug-likeness (QED) is 0.519. The molecule has 0 spiro atoms. The summed E-state index contributed by atoms with van der Waals surface area (Å²) in [5.74, 6) is -1.46. The van der Waals surface area contributed by atoms with E-state index in [2.05, 4.69) is 0 Å². The van der Waals surface area contributed by atoms with Gasteiger partial charge in [-0.2, -0.15) is 17.6 Å². The van der Waals surface area contributed by atoms with Crippen LogP contribution in [0.1, 0.15) is 0 Å². The molecular formula is C8H6F4N2O4S. The van der Waals surface area contributed by atoms with E-state index in [1.165, 1.54) is 4.72 Å². The molecule has 19 heavy (non-hydrogen) atoms. The number of nitrogens with one attached hydrogen (secondary N) is 1. The molecule has 0 saturated heterocycles. The van der Waals surface area contributed by atoms with Crippen LogP contribution in [0.5, 0.6) is 0 Å². The minimum Gasteiger partial charge on any atom is -0.258 e. The molecule has 0 bridgehead atoms. The standard InChI is InChI=1S/C8H6F4N2O4S/c9-6-3-5(1-2-7(6)14(15)16)19(17,18)13-4-8(10,11)12/h1-3,13H,4H2. The first-order valence-corrected chi connectivity index (χ1v) is 6.01. The number of sulfonamides is 1. The van der Waals surface area contributed by atoms with Crippen molar-refractivity contribution in [2.75, 3.05) is 6.54 Å². The zero-order chi connectivity index (χ0) is 14.8. The van der Waals surface area contributed by atoms with Crippen LogP contribution < -0.4 is 4.72 Å². The second kappa shape index (κ2) is 5.09. The molecule has 0 aliphatic heterocycles. The van der Waals surface area contributed by atoms with Gasteiger partial charge in [-0.25, -0.2) is 13.1 Å². The van der Waals surface area contributed by atoms with E-state index in [0.717, 1.165) is 0 Å². The van der Waals surface area contributed by atoms with Gasteiger partial charge in [0, 0.05) is 12.1 Å². The Morgan fingerprint density at radius 3 is 2.32 bits per heavy atom. The fraction of sp³-hybridized carbons (Fsp3) is 0.250. The molecule has 0 aromatic heterocycles. The summed E-state index contributed by atoms with van der Waals surface area (Å²) in [5, 5.41) is 10.3. The Bertz CT molecular complexity index is 599. The average Bonchev–Trinajstić information content (AvgIpc) is 2.25. The second-order valence-electron chi connectivity index (χ2n) is 3.31. The monoisotopic (exact) mass is 302 g/mol. The van der Waals surface area contributed by atoms with Gasteiger partial charge in [0.2, 0.25) is 15.8 Å². The molecule has 106 valence electrons. The van der Waals surface area contributed by atoms with Gasteiger partial charge in [-0.05, 0) is 6.07 Å². The number of rotatable bonds is 4. The fourth-order valence-electron chi connectivity index (χ4n) is 1.06. The van der Waals surface area contributed by atoms with E-state index in [9.17, 15) is 36.1 Å². The van der Waals surface area contributed by atoms with Crippen molar-refractivity contribution in [3.63, 3.8) is 0 Å². The Morgan fingerprint density at radius 1 is 1.32 bits per heavy atom. The highest BCUT2D eigenvalue weighted by atomic mass is 32.2. The molecule has 1 N–H and O–H groups in total. The zero-order valence-electron chi connectivity index (χ0n) is 8.94. The van der Waals surface area contributed by atoms with Gasteiger partial charge >= 0.3 is 11.9 Å². The second-order valence-corrected chi connectivity index (χ2v) is 5.08. The van der Waals surface area contributed by atoms with E-state index in [0.29, 0.717) is 12.1 Å². The summed E-state index contributed by atoms with van der Waals surface area (Å²) in [6, 6.07) is 1.47. The summed E-state index contributed by atoms with van der Waals surface area (Å²) in [4.78, 5) is 8.37. The fourth-order valence-corrected chi connectivity index (χ4v) is 2.09. The van der Waals surface area contributed by atoms with Crippen LogP contribution in [-0.2, 0) is 10.0 Å². The van der Waals surface area contributed by atoms with Crippen molar-refractivity contribution in [1.29, 1.82) is 0 Å². The minimum atomic E-state index is -4.77. The Hall–Kier alpha value is -1.75. The number of hydrogen-bond donors (Lipinski definition) is 1. The van der Waals surface area contributed by atoms with Gasteiger partial charge in [0.15, 0.2) is 0 Å². The molecule has 1 aromatic rings. The smallest absolute Gasteiger partial charge is 0.258 e. The predicted octanol–water partition coefficient (Wildman–Crippen LogP) is 1.57. The molecule has 0 saturated carbocycles. The summed E-state index contributed by atoms with van der Waals surface area (Å²) in [5.41, 5.74) is -0.977. The van der Waals surface area contributed by atoms with Crippen molar-refractivity contribution in [3.8, 4) is 0 Å². The molecule has 0 aliphatic carbocycles. The number of hydrogen-bond acceptors (Lipinski definition) is 4. The van der Waals surface area contributed by atoms with Crippen molar-refractivity contribution in [2.45, 2.75) is 11.1 Å². The maximum Gasteiger partial charge on any atom is 0.402 e. The van der Waals surface area contributed by atoms with Crippen LogP contribution in [0.4, 0.5) is 23.2 Å². The summed E-state index contributed by atoms with van der Waals surface area (Å²) in [6.07, 6.45) is -4.77. The highest BCUT2D eigenvalue weighted by Crippen LogP contribution is 2.21. The van der Waals surface area contributed by atoms with Crippen molar-refractivity contribution in [3.05, 3.63) is 34.1 Å². The minimum absolute atomic E-state index is 0.275. The molecule has 0 atom stereocenters. The summed E-state index contributed by atoms with van der Waals surface area (Å²) in [6.45, 7) is -1.83. The van der Waals surface area contributed by atoms with E-state index in [-0.39, 0.29) is 6.07 Å². The maximum absolute atomic E-state index is 13.1. The number of halogens is 4. The molecule has 1 aromatic carbocycles. The van der Waals surface area contributed by atoms with E-state index >= 15 is 0 Å². The highest BCUT2D eigenvalue weighted by Gasteiger charge is 2.30. The van der Waals surface area contributed by atoms with Gasteiger partial charge in [0.25, 0.3) is 0 Å².